The van der Waals surface area contributed by atoms with Crippen molar-refractivity contribution in [3.63, 3.8) is 0 Å². The number of nitrogens with two attached hydrogens (primary N) is 1. The predicted octanol–water partition coefficient (Wildman–Crippen LogP) is 0.816. The number of benzene rings is 1. The molecular formula is C13H14N2O4. The van der Waals surface area contributed by atoms with Gasteiger partial charge in [-0.3, -0.25) is 14.5 Å². The minimum absolute atomic E-state index is 0.162. The molecule has 0 spiro atoms. The van der Waals surface area contributed by atoms with Crippen LogP contribution >= 0.6 is 0 Å². The molecule has 0 aromatic heterocycles. The number of nitrogen functional groups attached to an aromatic ring is 1. The van der Waals surface area contributed by atoms with Crippen LogP contribution in [0.1, 0.15) is 34.1 Å². The number of nitrogens with zero attached hydrogens (tertiary/aromatic N) is 1. The number of fused-ring (bicyclic) bond motifs is 1. The van der Waals surface area contributed by atoms with E-state index in [1.165, 1.54) is 13.2 Å². The van der Waals surface area contributed by atoms with Gasteiger partial charge in [0.1, 0.15) is 6.04 Å². The molecule has 19 heavy (non-hydrogen) atoms. The lowest BCUT2D eigenvalue weighted by Crippen LogP contribution is -2.45. The van der Waals surface area contributed by atoms with Crippen molar-refractivity contribution in [2.24, 2.45) is 0 Å². The number of carbonyl (C=O) groups is 3. The van der Waals surface area contributed by atoms with Crippen LogP contribution in [-0.2, 0) is 9.53 Å². The molecule has 2 amide bonds. The maximum atomic E-state index is 12.3. The quantitative estimate of drug-likeness (QED) is 0.494. The molecule has 0 radical (unpaired) electrons. The summed E-state index contributed by atoms with van der Waals surface area (Å²) in [6, 6.07) is 3.75. The van der Waals surface area contributed by atoms with Gasteiger partial charge in [0.15, 0.2) is 0 Å². The highest BCUT2D eigenvalue weighted by atomic mass is 16.5. The fraction of sp³-hybridized carbons (Fsp3) is 0.308. The molecule has 0 aliphatic carbocycles. The zero-order chi connectivity index (χ0) is 14.2. The second kappa shape index (κ2) is 4.72. The molecule has 6 nitrogen and oxygen atoms in total. The van der Waals surface area contributed by atoms with E-state index in [4.69, 9.17) is 5.73 Å². The van der Waals surface area contributed by atoms with Crippen molar-refractivity contribution in [3.05, 3.63) is 29.3 Å². The Kier molecular flexibility index (Phi) is 3.25. The lowest BCUT2D eigenvalue weighted by atomic mass is 10.1. The molecule has 2 N–H and O–H groups in total. The Morgan fingerprint density at radius 2 is 2.05 bits per heavy atom. The molecule has 100 valence electrons. The second-order valence-electron chi connectivity index (χ2n) is 4.20. The molecule has 0 saturated heterocycles. The molecule has 2 rings (SSSR count). The van der Waals surface area contributed by atoms with Crippen LogP contribution in [0.15, 0.2) is 18.2 Å². The summed E-state index contributed by atoms with van der Waals surface area (Å²) in [7, 11) is 1.22. The monoisotopic (exact) mass is 262 g/mol. The van der Waals surface area contributed by atoms with Crippen LogP contribution in [0.2, 0.25) is 0 Å². The topological polar surface area (TPSA) is 89.7 Å². The molecule has 1 unspecified atom stereocenters. The summed E-state index contributed by atoms with van der Waals surface area (Å²) in [4.78, 5) is 37.1. The molecule has 0 saturated carbocycles. The van der Waals surface area contributed by atoms with Crippen LogP contribution in [-0.4, -0.2) is 35.8 Å². The number of ether oxygens (including phenoxy) is 1. The highest BCUT2D eigenvalue weighted by Crippen LogP contribution is 2.29. The molecular weight excluding hydrogens is 248 g/mol. The molecule has 1 aromatic rings. The van der Waals surface area contributed by atoms with Crippen LogP contribution in [0.4, 0.5) is 5.69 Å². The first kappa shape index (κ1) is 13.1. The summed E-state index contributed by atoms with van der Waals surface area (Å²) in [5.41, 5.74) is 6.35. The molecule has 0 bridgehead atoms. The van der Waals surface area contributed by atoms with E-state index in [-0.39, 0.29) is 23.2 Å². The summed E-state index contributed by atoms with van der Waals surface area (Å²) in [6.45, 7) is 1.70. The van der Waals surface area contributed by atoms with Gasteiger partial charge in [-0.25, -0.2) is 4.79 Å². The van der Waals surface area contributed by atoms with Gasteiger partial charge in [-0.1, -0.05) is 13.0 Å². The molecule has 0 fully saturated rings. The van der Waals surface area contributed by atoms with Gasteiger partial charge < -0.3 is 10.5 Å². The van der Waals surface area contributed by atoms with Crippen LogP contribution in [0.25, 0.3) is 0 Å². The fourth-order valence-corrected chi connectivity index (χ4v) is 2.20. The van der Waals surface area contributed by atoms with Crippen molar-refractivity contribution < 1.29 is 19.1 Å². The van der Waals surface area contributed by atoms with Crippen LogP contribution < -0.4 is 5.73 Å². The van der Waals surface area contributed by atoms with Gasteiger partial charge in [0.05, 0.1) is 18.2 Å². The van der Waals surface area contributed by atoms with E-state index in [2.05, 4.69) is 4.74 Å². The van der Waals surface area contributed by atoms with Crippen LogP contribution in [0, 0.1) is 0 Å². The average Bonchev–Trinajstić information content (AvgIpc) is 2.65. The van der Waals surface area contributed by atoms with Gasteiger partial charge >= 0.3 is 5.97 Å². The smallest absolute Gasteiger partial charge is 0.329 e. The Morgan fingerprint density at radius 1 is 1.37 bits per heavy atom. The molecule has 6 heteroatoms. The summed E-state index contributed by atoms with van der Waals surface area (Å²) >= 11 is 0. The zero-order valence-electron chi connectivity index (χ0n) is 10.7. The number of imide groups is 1. The highest BCUT2D eigenvalue weighted by Gasteiger charge is 2.43. The summed E-state index contributed by atoms with van der Waals surface area (Å²) in [6.07, 6.45) is 0.290. The largest absolute Gasteiger partial charge is 0.467 e. The Bertz CT molecular complexity index is 568. The molecule has 1 aliphatic rings. The van der Waals surface area contributed by atoms with Crippen molar-refractivity contribution >= 4 is 23.5 Å². The number of esters is 1. The van der Waals surface area contributed by atoms with E-state index in [0.717, 1.165) is 4.90 Å². The van der Waals surface area contributed by atoms with Gasteiger partial charge in [-0.2, -0.15) is 0 Å². The third-order valence-electron chi connectivity index (χ3n) is 3.15. The molecule has 1 atom stereocenters. The summed E-state index contributed by atoms with van der Waals surface area (Å²) in [5.74, 6) is -1.67. The van der Waals surface area contributed by atoms with Crippen molar-refractivity contribution in [1.29, 1.82) is 0 Å². The maximum absolute atomic E-state index is 12.3. The normalized spacial score (nSPS) is 15.4. The van der Waals surface area contributed by atoms with Gasteiger partial charge in [-0.15, -0.1) is 0 Å². The number of hydrogen-bond acceptors (Lipinski definition) is 5. The number of rotatable bonds is 3. The van der Waals surface area contributed by atoms with Gasteiger partial charge in [0.25, 0.3) is 11.8 Å². The van der Waals surface area contributed by atoms with Crippen LogP contribution in [0.5, 0.6) is 0 Å². The van der Waals surface area contributed by atoms with Gasteiger partial charge in [-0.05, 0) is 18.6 Å². The van der Waals surface area contributed by atoms with Crippen molar-refractivity contribution in [2.75, 3.05) is 12.8 Å². The van der Waals surface area contributed by atoms with Gasteiger partial charge in [0, 0.05) is 5.69 Å². The number of hydrogen-bond donors (Lipinski definition) is 1. The number of amides is 2. The minimum atomic E-state index is -0.920. The van der Waals surface area contributed by atoms with E-state index in [9.17, 15) is 14.4 Å². The van der Waals surface area contributed by atoms with Crippen molar-refractivity contribution in [3.8, 4) is 0 Å². The Morgan fingerprint density at radius 3 is 2.58 bits per heavy atom. The standard InChI is InChI=1S/C13H14N2O4/c1-3-9(13(18)19-2)15-11(16)7-5-4-6-8(14)10(7)12(15)17/h4-6,9H,3,14H2,1-2H3. The number of anilines is 1. The van der Waals surface area contributed by atoms with E-state index >= 15 is 0 Å². The molecule has 1 aromatic carbocycles. The first-order valence-electron chi connectivity index (χ1n) is 5.87. The van der Waals surface area contributed by atoms with E-state index in [1.54, 1.807) is 19.1 Å². The van der Waals surface area contributed by atoms with E-state index in [0.29, 0.717) is 0 Å². The SMILES string of the molecule is CCC(C(=O)OC)N1C(=O)c2cccc(N)c2C1=O. The van der Waals surface area contributed by atoms with Crippen molar-refractivity contribution in [1.82, 2.24) is 4.90 Å². The van der Waals surface area contributed by atoms with E-state index in [1.807, 2.05) is 0 Å². The van der Waals surface area contributed by atoms with Gasteiger partial charge in [0.2, 0.25) is 0 Å². The Balaban J connectivity index is 2.48. The third kappa shape index (κ3) is 1.85. The first-order chi connectivity index (χ1) is 9.02. The highest BCUT2D eigenvalue weighted by molar-refractivity contribution is 6.24. The lowest BCUT2D eigenvalue weighted by Gasteiger charge is -2.22. The number of methoxy groups -OCH3 is 1. The Labute approximate surface area is 110 Å². The lowest BCUT2D eigenvalue weighted by molar-refractivity contribution is -0.145. The second-order valence-corrected chi connectivity index (χ2v) is 4.20. The number of carbonyl (C=O) groups excluding carboxylic acids is 3. The zero-order valence-corrected chi connectivity index (χ0v) is 10.7. The van der Waals surface area contributed by atoms with Crippen LogP contribution in [0.3, 0.4) is 0 Å². The fourth-order valence-electron chi connectivity index (χ4n) is 2.20. The first-order valence-corrected chi connectivity index (χ1v) is 5.87. The minimum Gasteiger partial charge on any atom is -0.467 e. The molecule has 1 aliphatic heterocycles. The van der Waals surface area contributed by atoms with Crippen molar-refractivity contribution in [2.45, 2.75) is 19.4 Å². The maximum Gasteiger partial charge on any atom is 0.329 e. The third-order valence-corrected chi connectivity index (χ3v) is 3.15. The average molecular weight is 262 g/mol. The summed E-state index contributed by atoms with van der Waals surface area (Å²) in [5, 5.41) is 0. The predicted molar refractivity (Wildman–Crippen MR) is 67.4 cm³/mol. The summed E-state index contributed by atoms with van der Waals surface area (Å²) < 4.78 is 4.63. The van der Waals surface area contributed by atoms with E-state index < -0.39 is 23.8 Å². The molecule has 1 heterocycles. The Hall–Kier alpha value is -2.37.